The second-order valence-electron chi connectivity index (χ2n) is 5.49. The molecule has 0 amide bonds. The molecule has 3 rings (SSSR count). The van der Waals surface area contributed by atoms with Gasteiger partial charge in [0.05, 0.1) is 16.4 Å². The molecule has 1 fully saturated rings. The summed E-state index contributed by atoms with van der Waals surface area (Å²) in [6.07, 6.45) is 0. The van der Waals surface area contributed by atoms with Gasteiger partial charge in [0.2, 0.25) is 0 Å². The van der Waals surface area contributed by atoms with Crippen molar-refractivity contribution < 1.29 is 0 Å². The van der Waals surface area contributed by atoms with Crippen LogP contribution < -0.4 is 15.5 Å². The second kappa shape index (κ2) is 5.86. The van der Waals surface area contributed by atoms with E-state index < -0.39 is 0 Å². The highest BCUT2D eigenvalue weighted by Gasteiger charge is 2.20. The molecule has 4 heteroatoms. The first-order chi connectivity index (χ1) is 10.1. The van der Waals surface area contributed by atoms with E-state index in [9.17, 15) is 0 Å². The van der Waals surface area contributed by atoms with E-state index in [4.69, 9.17) is 17.3 Å². The summed E-state index contributed by atoms with van der Waals surface area (Å²) in [5.74, 6) is 0. The zero-order chi connectivity index (χ0) is 14.8. The zero-order valence-electron chi connectivity index (χ0n) is 12.2. The van der Waals surface area contributed by atoms with Crippen molar-refractivity contribution in [2.45, 2.75) is 6.92 Å². The lowest BCUT2D eigenvalue weighted by Crippen LogP contribution is -2.46. The van der Waals surface area contributed by atoms with Crippen molar-refractivity contribution >= 4 is 28.7 Å². The van der Waals surface area contributed by atoms with Gasteiger partial charge in [0.1, 0.15) is 0 Å². The van der Waals surface area contributed by atoms with Crippen molar-refractivity contribution in [2.24, 2.45) is 0 Å². The summed E-state index contributed by atoms with van der Waals surface area (Å²) in [6.45, 7) is 5.96. The van der Waals surface area contributed by atoms with Gasteiger partial charge in [-0.3, -0.25) is 0 Å². The summed E-state index contributed by atoms with van der Waals surface area (Å²) < 4.78 is 0. The Hall–Kier alpha value is -1.87. The molecular formula is C17H20ClN3. The van der Waals surface area contributed by atoms with Crippen molar-refractivity contribution in [1.29, 1.82) is 0 Å². The predicted octanol–water partition coefficient (Wildman–Crippen LogP) is 3.56. The van der Waals surface area contributed by atoms with E-state index in [2.05, 4.69) is 53.1 Å². The molecule has 0 aromatic heterocycles. The minimum absolute atomic E-state index is 0.649. The first kappa shape index (κ1) is 14.1. The van der Waals surface area contributed by atoms with Gasteiger partial charge < -0.3 is 15.5 Å². The van der Waals surface area contributed by atoms with Crippen molar-refractivity contribution in [1.82, 2.24) is 0 Å². The maximum Gasteiger partial charge on any atom is 0.0741 e. The van der Waals surface area contributed by atoms with E-state index in [-0.39, 0.29) is 0 Å². The molecule has 2 aromatic rings. The van der Waals surface area contributed by atoms with Gasteiger partial charge in [0, 0.05) is 31.9 Å². The molecule has 1 aliphatic heterocycles. The van der Waals surface area contributed by atoms with Crippen LogP contribution in [0.25, 0.3) is 0 Å². The van der Waals surface area contributed by atoms with Crippen molar-refractivity contribution in [3.8, 4) is 0 Å². The fourth-order valence-electron chi connectivity index (χ4n) is 2.84. The number of halogens is 1. The first-order valence-electron chi connectivity index (χ1n) is 7.26. The molecule has 1 heterocycles. The van der Waals surface area contributed by atoms with Crippen LogP contribution in [0.5, 0.6) is 0 Å². The Morgan fingerprint density at radius 2 is 1.57 bits per heavy atom. The summed E-state index contributed by atoms with van der Waals surface area (Å²) in [5, 5.41) is 0.649. The molecule has 1 aliphatic rings. The topological polar surface area (TPSA) is 32.5 Å². The third kappa shape index (κ3) is 2.93. The number of nitrogen functional groups attached to an aromatic ring is 1. The highest BCUT2D eigenvalue weighted by atomic mass is 35.5. The van der Waals surface area contributed by atoms with Gasteiger partial charge >= 0.3 is 0 Å². The van der Waals surface area contributed by atoms with E-state index in [1.807, 2.05) is 6.07 Å². The summed E-state index contributed by atoms with van der Waals surface area (Å²) in [5.41, 5.74) is 10.3. The standard InChI is InChI=1S/C17H20ClN3/c1-13-11-15(18)17(19)16(12-13)21-9-7-20(8-10-21)14-5-3-2-4-6-14/h2-6,11-12H,7-10,19H2,1H3. The lowest BCUT2D eigenvalue weighted by atomic mass is 10.1. The van der Waals surface area contributed by atoms with Gasteiger partial charge in [-0.05, 0) is 36.8 Å². The lowest BCUT2D eigenvalue weighted by molar-refractivity contribution is 0.654. The molecule has 21 heavy (non-hydrogen) atoms. The highest BCUT2D eigenvalue weighted by molar-refractivity contribution is 6.33. The van der Waals surface area contributed by atoms with Gasteiger partial charge in [0.15, 0.2) is 0 Å². The average Bonchev–Trinajstić information content (AvgIpc) is 2.52. The number of para-hydroxylation sites is 1. The Balaban J connectivity index is 1.74. The number of benzene rings is 2. The number of nitrogens with two attached hydrogens (primary N) is 1. The average molecular weight is 302 g/mol. The van der Waals surface area contributed by atoms with Crippen molar-refractivity contribution in [3.05, 3.63) is 53.1 Å². The third-order valence-electron chi connectivity index (χ3n) is 3.99. The Morgan fingerprint density at radius 1 is 0.952 bits per heavy atom. The Kier molecular flexibility index (Phi) is 3.93. The maximum absolute atomic E-state index is 6.20. The summed E-state index contributed by atoms with van der Waals surface area (Å²) in [4.78, 5) is 4.73. The zero-order valence-corrected chi connectivity index (χ0v) is 13.0. The molecule has 0 radical (unpaired) electrons. The van der Waals surface area contributed by atoms with E-state index >= 15 is 0 Å². The van der Waals surface area contributed by atoms with E-state index in [0.29, 0.717) is 10.7 Å². The van der Waals surface area contributed by atoms with E-state index in [1.165, 1.54) is 5.69 Å². The number of nitrogens with zero attached hydrogens (tertiary/aromatic N) is 2. The Bertz CT molecular complexity index is 619. The minimum atomic E-state index is 0.649. The number of anilines is 3. The molecule has 0 unspecified atom stereocenters. The number of hydrogen-bond acceptors (Lipinski definition) is 3. The second-order valence-corrected chi connectivity index (χ2v) is 5.90. The molecule has 0 atom stereocenters. The van der Waals surface area contributed by atoms with Gasteiger partial charge in [-0.25, -0.2) is 0 Å². The fourth-order valence-corrected chi connectivity index (χ4v) is 3.11. The van der Waals surface area contributed by atoms with Crippen molar-refractivity contribution in [3.63, 3.8) is 0 Å². The van der Waals surface area contributed by atoms with Crippen molar-refractivity contribution in [2.75, 3.05) is 41.7 Å². The van der Waals surface area contributed by atoms with Crippen LogP contribution in [0.4, 0.5) is 17.1 Å². The molecular weight excluding hydrogens is 282 g/mol. The number of aryl methyl sites for hydroxylation is 1. The molecule has 2 N–H and O–H groups in total. The molecule has 1 saturated heterocycles. The molecule has 0 spiro atoms. The van der Waals surface area contributed by atoms with E-state index in [1.54, 1.807) is 0 Å². The monoisotopic (exact) mass is 301 g/mol. The van der Waals surface area contributed by atoms with Gasteiger partial charge in [-0.1, -0.05) is 29.8 Å². The number of piperazine rings is 1. The Labute approximate surface area is 130 Å². The summed E-state index contributed by atoms with van der Waals surface area (Å²) >= 11 is 6.20. The van der Waals surface area contributed by atoms with E-state index in [0.717, 1.165) is 37.4 Å². The number of hydrogen-bond donors (Lipinski definition) is 1. The molecule has 0 bridgehead atoms. The number of rotatable bonds is 2. The first-order valence-corrected chi connectivity index (χ1v) is 7.63. The molecule has 0 aliphatic carbocycles. The summed E-state index contributed by atoms with van der Waals surface area (Å²) in [6, 6.07) is 14.6. The SMILES string of the molecule is Cc1cc(Cl)c(N)c(N2CCN(c3ccccc3)CC2)c1. The van der Waals surface area contributed by atoms with Crippen LogP contribution in [-0.2, 0) is 0 Å². The van der Waals surface area contributed by atoms with Gasteiger partial charge in [-0.2, -0.15) is 0 Å². The highest BCUT2D eigenvalue weighted by Crippen LogP contribution is 2.32. The van der Waals surface area contributed by atoms with Crippen LogP contribution in [0.2, 0.25) is 5.02 Å². The van der Waals surface area contributed by atoms with Crippen LogP contribution in [0, 0.1) is 6.92 Å². The van der Waals surface area contributed by atoms with Crippen LogP contribution in [0.3, 0.4) is 0 Å². The molecule has 110 valence electrons. The van der Waals surface area contributed by atoms with Crippen LogP contribution in [0.15, 0.2) is 42.5 Å². The fraction of sp³-hybridized carbons (Fsp3) is 0.294. The lowest BCUT2D eigenvalue weighted by Gasteiger charge is -2.38. The van der Waals surface area contributed by atoms with Gasteiger partial charge in [0.25, 0.3) is 0 Å². The smallest absolute Gasteiger partial charge is 0.0741 e. The normalized spacial score (nSPS) is 15.3. The van der Waals surface area contributed by atoms with Crippen LogP contribution in [0.1, 0.15) is 5.56 Å². The molecule has 2 aromatic carbocycles. The van der Waals surface area contributed by atoms with Crippen LogP contribution >= 0.6 is 11.6 Å². The molecule has 0 saturated carbocycles. The predicted molar refractivity (Wildman–Crippen MR) is 91.5 cm³/mol. The maximum atomic E-state index is 6.20. The largest absolute Gasteiger partial charge is 0.396 e. The van der Waals surface area contributed by atoms with Crippen LogP contribution in [-0.4, -0.2) is 26.2 Å². The quantitative estimate of drug-likeness (QED) is 0.861. The summed E-state index contributed by atoms with van der Waals surface area (Å²) in [7, 11) is 0. The third-order valence-corrected chi connectivity index (χ3v) is 4.31. The minimum Gasteiger partial charge on any atom is -0.396 e. The Morgan fingerprint density at radius 3 is 2.24 bits per heavy atom. The molecule has 3 nitrogen and oxygen atoms in total. The van der Waals surface area contributed by atoms with Gasteiger partial charge in [-0.15, -0.1) is 0 Å².